The molecule has 1 atom stereocenters. The van der Waals surface area contributed by atoms with Crippen molar-refractivity contribution in [1.29, 1.82) is 0 Å². The Labute approximate surface area is 143 Å². The molecule has 4 rings (SSSR count). The maximum Gasteiger partial charge on any atom is 0.134 e. The molecule has 126 valence electrons. The van der Waals surface area contributed by atoms with Gasteiger partial charge in [0, 0.05) is 5.39 Å². The zero-order valence-electron chi connectivity index (χ0n) is 13.6. The number of aromatic nitrogens is 5. The first-order valence-electron chi connectivity index (χ1n) is 7.94. The predicted octanol–water partition coefficient (Wildman–Crippen LogP) is 2.78. The van der Waals surface area contributed by atoms with Gasteiger partial charge in [-0.15, -0.1) is 5.10 Å². The standard InChI is InChI=1S/C18H17N5O2/c1-12(24)13-3-6-17(7-4-13)25-11-15-10-23(22-20-15)16-5-2-14-9-19-21-18(14)8-16/h2-10,12,24H,11H2,1H3,(H,19,21). The minimum absolute atomic E-state index is 0.320. The average Bonchev–Trinajstić information content (AvgIpc) is 3.28. The molecule has 2 aromatic carbocycles. The Morgan fingerprint density at radius 3 is 2.84 bits per heavy atom. The zero-order valence-corrected chi connectivity index (χ0v) is 13.6. The number of fused-ring (bicyclic) bond motifs is 1. The molecule has 7 nitrogen and oxygen atoms in total. The van der Waals surface area contributed by atoms with Crippen molar-refractivity contribution in [2.45, 2.75) is 19.6 Å². The fourth-order valence-electron chi connectivity index (χ4n) is 2.56. The van der Waals surface area contributed by atoms with Gasteiger partial charge in [0.25, 0.3) is 0 Å². The van der Waals surface area contributed by atoms with E-state index in [0.717, 1.165) is 33.6 Å². The third kappa shape index (κ3) is 3.22. The molecule has 2 heterocycles. The fourth-order valence-corrected chi connectivity index (χ4v) is 2.56. The van der Waals surface area contributed by atoms with Crippen molar-refractivity contribution in [3.63, 3.8) is 0 Å². The van der Waals surface area contributed by atoms with Crippen LogP contribution in [0.3, 0.4) is 0 Å². The van der Waals surface area contributed by atoms with E-state index in [0.29, 0.717) is 6.61 Å². The summed E-state index contributed by atoms with van der Waals surface area (Å²) in [5.74, 6) is 0.720. The maximum absolute atomic E-state index is 9.52. The van der Waals surface area contributed by atoms with Crippen LogP contribution in [0.1, 0.15) is 24.3 Å². The fraction of sp³-hybridized carbons (Fsp3) is 0.167. The Kier molecular flexibility index (Phi) is 3.91. The van der Waals surface area contributed by atoms with E-state index in [9.17, 15) is 5.11 Å². The van der Waals surface area contributed by atoms with Gasteiger partial charge in [-0.1, -0.05) is 17.3 Å². The lowest BCUT2D eigenvalue weighted by atomic mass is 10.1. The van der Waals surface area contributed by atoms with Gasteiger partial charge in [-0.05, 0) is 42.8 Å². The van der Waals surface area contributed by atoms with Crippen molar-refractivity contribution < 1.29 is 9.84 Å². The largest absolute Gasteiger partial charge is 0.487 e. The van der Waals surface area contributed by atoms with Gasteiger partial charge in [-0.2, -0.15) is 5.10 Å². The summed E-state index contributed by atoms with van der Waals surface area (Å²) in [4.78, 5) is 0. The highest BCUT2D eigenvalue weighted by atomic mass is 16.5. The number of benzene rings is 2. The number of ether oxygens (including phenoxy) is 1. The highest BCUT2D eigenvalue weighted by Gasteiger charge is 2.06. The number of rotatable bonds is 5. The second-order valence-corrected chi connectivity index (χ2v) is 5.83. The van der Waals surface area contributed by atoms with Crippen molar-refractivity contribution in [3.8, 4) is 11.4 Å². The Morgan fingerprint density at radius 1 is 1.20 bits per heavy atom. The summed E-state index contributed by atoms with van der Waals surface area (Å²) in [6.45, 7) is 2.05. The third-order valence-corrected chi connectivity index (χ3v) is 3.98. The Balaban J connectivity index is 1.45. The van der Waals surface area contributed by atoms with Gasteiger partial charge in [0.15, 0.2) is 0 Å². The SMILES string of the molecule is CC(O)c1ccc(OCc2cn(-c3ccc4cn[nH]c4c3)nn2)cc1. The Bertz CT molecular complexity index is 988. The minimum Gasteiger partial charge on any atom is -0.487 e. The molecule has 25 heavy (non-hydrogen) atoms. The van der Waals surface area contributed by atoms with Gasteiger partial charge in [-0.25, -0.2) is 4.68 Å². The average molecular weight is 335 g/mol. The number of nitrogens with zero attached hydrogens (tertiary/aromatic N) is 4. The molecular weight excluding hydrogens is 318 g/mol. The number of H-pyrrole nitrogens is 1. The molecule has 0 fully saturated rings. The molecule has 1 unspecified atom stereocenters. The molecule has 2 N–H and O–H groups in total. The van der Waals surface area contributed by atoms with Crippen LogP contribution in [0, 0.1) is 0 Å². The van der Waals surface area contributed by atoms with E-state index >= 15 is 0 Å². The van der Waals surface area contributed by atoms with Crippen LogP contribution in [0.15, 0.2) is 54.9 Å². The minimum atomic E-state index is -0.485. The monoisotopic (exact) mass is 335 g/mol. The summed E-state index contributed by atoms with van der Waals surface area (Å²) >= 11 is 0. The third-order valence-electron chi connectivity index (χ3n) is 3.98. The summed E-state index contributed by atoms with van der Waals surface area (Å²) in [6, 6.07) is 13.3. The summed E-state index contributed by atoms with van der Waals surface area (Å²) in [5.41, 5.74) is 3.43. The van der Waals surface area contributed by atoms with E-state index in [4.69, 9.17) is 4.74 Å². The quantitative estimate of drug-likeness (QED) is 0.585. The van der Waals surface area contributed by atoms with Crippen molar-refractivity contribution >= 4 is 10.9 Å². The molecule has 0 amide bonds. The van der Waals surface area contributed by atoms with E-state index in [1.165, 1.54) is 0 Å². The van der Waals surface area contributed by atoms with Crippen LogP contribution < -0.4 is 4.74 Å². The van der Waals surface area contributed by atoms with E-state index in [1.54, 1.807) is 17.8 Å². The number of nitrogens with one attached hydrogen (secondary N) is 1. The van der Waals surface area contributed by atoms with Gasteiger partial charge in [-0.3, -0.25) is 5.10 Å². The Morgan fingerprint density at radius 2 is 2.04 bits per heavy atom. The smallest absolute Gasteiger partial charge is 0.134 e. The lowest BCUT2D eigenvalue weighted by Gasteiger charge is -2.07. The second-order valence-electron chi connectivity index (χ2n) is 5.83. The van der Waals surface area contributed by atoms with Crippen molar-refractivity contribution in [2.24, 2.45) is 0 Å². The second kappa shape index (κ2) is 6.37. The zero-order chi connectivity index (χ0) is 17.2. The lowest BCUT2D eigenvalue weighted by molar-refractivity contribution is 0.199. The number of hydrogen-bond acceptors (Lipinski definition) is 5. The molecule has 0 aliphatic rings. The van der Waals surface area contributed by atoms with Gasteiger partial charge >= 0.3 is 0 Å². The van der Waals surface area contributed by atoms with E-state index in [2.05, 4.69) is 20.5 Å². The van der Waals surface area contributed by atoms with Crippen molar-refractivity contribution in [1.82, 2.24) is 25.2 Å². The molecule has 0 radical (unpaired) electrons. The van der Waals surface area contributed by atoms with Crippen LogP contribution in [0.25, 0.3) is 16.6 Å². The van der Waals surface area contributed by atoms with Gasteiger partial charge < -0.3 is 9.84 Å². The molecule has 0 spiro atoms. The summed E-state index contributed by atoms with van der Waals surface area (Å²) in [6.07, 6.45) is 3.13. The van der Waals surface area contributed by atoms with Crippen LogP contribution in [0.4, 0.5) is 0 Å². The van der Waals surface area contributed by atoms with Crippen LogP contribution in [-0.4, -0.2) is 30.3 Å². The van der Waals surface area contributed by atoms with Crippen molar-refractivity contribution in [3.05, 3.63) is 66.1 Å². The number of aromatic amines is 1. The topological polar surface area (TPSA) is 88.9 Å². The van der Waals surface area contributed by atoms with Gasteiger partial charge in [0.05, 0.1) is 29.7 Å². The van der Waals surface area contributed by atoms with E-state index < -0.39 is 6.10 Å². The molecule has 0 aliphatic carbocycles. The highest BCUT2D eigenvalue weighted by Crippen LogP contribution is 2.19. The molecule has 0 saturated carbocycles. The number of aliphatic hydroxyl groups is 1. The first-order valence-corrected chi connectivity index (χ1v) is 7.94. The molecule has 0 saturated heterocycles. The number of hydrogen-bond donors (Lipinski definition) is 2. The van der Waals surface area contributed by atoms with Crippen molar-refractivity contribution in [2.75, 3.05) is 0 Å². The van der Waals surface area contributed by atoms with Crippen LogP contribution in [0.2, 0.25) is 0 Å². The first kappa shape index (κ1) is 15.3. The van der Waals surface area contributed by atoms with E-state index in [1.807, 2.05) is 48.7 Å². The van der Waals surface area contributed by atoms with Crippen LogP contribution in [-0.2, 0) is 6.61 Å². The predicted molar refractivity (Wildman–Crippen MR) is 92.4 cm³/mol. The van der Waals surface area contributed by atoms with Gasteiger partial charge in [0.2, 0.25) is 0 Å². The molecule has 0 bridgehead atoms. The normalized spacial score (nSPS) is 12.4. The lowest BCUT2D eigenvalue weighted by Crippen LogP contribution is -1.97. The van der Waals surface area contributed by atoms with Crippen LogP contribution in [0.5, 0.6) is 5.75 Å². The maximum atomic E-state index is 9.52. The Hall–Kier alpha value is -3.19. The number of aliphatic hydroxyl groups excluding tert-OH is 1. The first-order chi connectivity index (χ1) is 12.2. The van der Waals surface area contributed by atoms with E-state index in [-0.39, 0.29) is 0 Å². The molecule has 2 aromatic heterocycles. The van der Waals surface area contributed by atoms with Crippen LogP contribution >= 0.6 is 0 Å². The van der Waals surface area contributed by atoms with Gasteiger partial charge in [0.1, 0.15) is 18.1 Å². The highest BCUT2D eigenvalue weighted by molar-refractivity contribution is 5.79. The molecule has 4 aromatic rings. The summed E-state index contributed by atoms with van der Waals surface area (Å²) < 4.78 is 7.42. The molecule has 0 aliphatic heterocycles. The molecular formula is C18H17N5O2. The summed E-state index contributed by atoms with van der Waals surface area (Å²) in [5, 5.41) is 25.8. The molecule has 7 heteroatoms. The summed E-state index contributed by atoms with van der Waals surface area (Å²) in [7, 11) is 0.